The molecule has 80 valence electrons. The van der Waals surface area contributed by atoms with Crippen molar-refractivity contribution in [3.05, 3.63) is 18.2 Å². The van der Waals surface area contributed by atoms with Crippen LogP contribution in [-0.2, 0) is 13.0 Å². The Labute approximate surface area is 94.9 Å². The Kier molecular flexibility index (Phi) is 3.76. The van der Waals surface area contributed by atoms with Gasteiger partial charge >= 0.3 is 0 Å². The third-order valence-corrected chi connectivity index (χ3v) is 4.14. The van der Waals surface area contributed by atoms with E-state index in [0.29, 0.717) is 4.83 Å². The number of alkyl halides is 1. The summed E-state index contributed by atoms with van der Waals surface area (Å²) in [6.07, 6.45) is 4.91. The number of halogens is 1. The standard InChI is InChI=1S/C11H19BrN2/c1-5-14-7-6-13-10(14)8-9(12)11(2,3)4/h6-7,9H,5,8H2,1-4H3. The zero-order chi connectivity index (χ0) is 10.8. The number of hydrogen-bond donors (Lipinski definition) is 0. The van der Waals surface area contributed by atoms with Crippen LogP contribution in [0.5, 0.6) is 0 Å². The van der Waals surface area contributed by atoms with Gasteiger partial charge in [0.25, 0.3) is 0 Å². The second-order valence-electron chi connectivity index (χ2n) is 4.67. The van der Waals surface area contributed by atoms with Crippen LogP contribution >= 0.6 is 15.9 Å². The summed E-state index contributed by atoms with van der Waals surface area (Å²) in [5.74, 6) is 1.17. The molecule has 0 amide bonds. The van der Waals surface area contributed by atoms with E-state index in [2.05, 4.69) is 53.2 Å². The van der Waals surface area contributed by atoms with Gasteiger partial charge in [-0.1, -0.05) is 36.7 Å². The lowest BCUT2D eigenvalue weighted by Crippen LogP contribution is -2.24. The molecule has 1 heterocycles. The molecular weight excluding hydrogens is 240 g/mol. The molecule has 0 saturated heterocycles. The van der Waals surface area contributed by atoms with E-state index in [1.807, 2.05) is 12.4 Å². The molecule has 0 aliphatic heterocycles. The van der Waals surface area contributed by atoms with E-state index in [4.69, 9.17) is 0 Å². The first-order valence-electron chi connectivity index (χ1n) is 5.09. The third kappa shape index (κ3) is 2.84. The molecule has 0 spiro atoms. The maximum absolute atomic E-state index is 4.37. The van der Waals surface area contributed by atoms with Crippen LogP contribution in [0.15, 0.2) is 12.4 Å². The number of aryl methyl sites for hydroxylation is 1. The van der Waals surface area contributed by atoms with Gasteiger partial charge in [0.15, 0.2) is 0 Å². The average molecular weight is 259 g/mol. The topological polar surface area (TPSA) is 17.8 Å². The molecule has 2 nitrogen and oxygen atoms in total. The van der Waals surface area contributed by atoms with Crippen molar-refractivity contribution >= 4 is 15.9 Å². The summed E-state index contributed by atoms with van der Waals surface area (Å²) in [6, 6.07) is 0. The number of nitrogens with zero attached hydrogens (tertiary/aromatic N) is 2. The average Bonchev–Trinajstić information content (AvgIpc) is 2.50. The van der Waals surface area contributed by atoms with Crippen molar-refractivity contribution in [3.63, 3.8) is 0 Å². The van der Waals surface area contributed by atoms with Gasteiger partial charge in [0, 0.05) is 30.2 Å². The molecule has 0 bridgehead atoms. The monoisotopic (exact) mass is 258 g/mol. The number of hydrogen-bond acceptors (Lipinski definition) is 1. The van der Waals surface area contributed by atoms with Crippen molar-refractivity contribution in [2.75, 3.05) is 0 Å². The summed E-state index contributed by atoms with van der Waals surface area (Å²) in [6.45, 7) is 9.87. The molecule has 0 saturated carbocycles. The molecule has 3 heteroatoms. The second-order valence-corrected chi connectivity index (χ2v) is 5.77. The summed E-state index contributed by atoms with van der Waals surface area (Å²) in [4.78, 5) is 4.85. The highest BCUT2D eigenvalue weighted by Gasteiger charge is 2.23. The first-order chi connectivity index (χ1) is 6.45. The summed E-state index contributed by atoms with van der Waals surface area (Å²) < 4.78 is 2.19. The molecule has 0 aliphatic carbocycles. The van der Waals surface area contributed by atoms with Crippen molar-refractivity contribution in [1.29, 1.82) is 0 Å². The van der Waals surface area contributed by atoms with Crippen molar-refractivity contribution < 1.29 is 0 Å². The van der Waals surface area contributed by atoms with Gasteiger partial charge in [-0.3, -0.25) is 0 Å². The van der Waals surface area contributed by atoms with Gasteiger partial charge in [-0.15, -0.1) is 0 Å². The number of rotatable bonds is 3. The van der Waals surface area contributed by atoms with Crippen LogP contribution in [-0.4, -0.2) is 14.4 Å². The molecule has 1 aromatic heterocycles. The quantitative estimate of drug-likeness (QED) is 0.762. The molecule has 1 rings (SSSR count). The first-order valence-corrected chi connectivity index (χ1v) is 6.00. The molecule has 1 unspecified atom stereocenters. The zero-order valence-electron chi connectivity index (χ0n) is 9.42. The SMILES string of the molecule is CCn1ccnc1CC(Br)C(C)(C)C. The molecule has 14 heavy (non-hydrogen) atoms. The predicted molar refractivity (Wildman–Crippen MR) is 63.8 cm³/mol. The predicted octanol–water partition coefficient (Wildman–Crippen LogP) is 3.26. The Morgan fingerprint density at radius 3 is 2.64 bits per heavy atom. The third-order valence-electron chi connectivity index (χ3n) is 2.44. The van der Waals surface area contributed by atoms with Gasteiger partial charge in [0.1, 0.15) is 5.82 Å². The van der Waals surface area contributed by atoms with Gasteiger partial charge in [0.05, 0.1) is 0 Å². The highest BCUT2D eigenvalue weighted by atomic mass is 79.9. The molecule has 0 radical (unpaired) electrons. The van der Waals surface area contributed by atoms with Crippen LogP contribution in [0.25, 0.3) is 0 Å². The van der Waals surface area contributed by atoms with Crippen molar-refractivity contribution in [2.45, 2.75) is 45.5 Å². The van der Waals surface area contributed by atoms with Gasteiger partial charge in [-0.25, -0.2) is 4.98 Å². The lowest BCUT2D eigenvalue weighted by atomic mass is 9.90. The minimum atomic E-state index is 0.282. The Morgan fingerprint density at radius 1 is 1.50 bits per heavy atom. The van der Waals surface area contributed by atoms with Crippen molar-refractivity contribution in [2.24, 2.45) is 5.41 Å². The lowest BCUT2D eigenvalue weighted by molar-refractivity contribution is 0.391. The fourth-order valence-corrected chi connectivity index (χ4v) is 1.57. The molecule has 0 aromatic carbocycles. The minimum absolute atomic E-state index is 0.282. The highest BCUT2D eigenvalue weighted by Crippen LogP contribution is 2.28. The molecule has 0 aliphatic rings. The molecule has 1 aromatic rings. The molecular formula is C11H19BrN2. The van der Waals surface area contributed by atoms with E-state index in [0.717, 1.165) is 13.0 Å². The lowest BCUT2D eigenvalue weighted by Gasteiger charge is -2.25. The van der Waals surface area contributed by atoms with E-state index in [1.54, 1.807) is 0 Å². The van der Waals surface area contributed by atoms with Crippen LogP contribution in [0.2, 0.25) is 0 Å². The van der Waals surface area contributed by atoms with Gasteiger partial charge in [-0.2, -0.15) is 0 Å². The van der Waals surface area contributed by atoms with Crippen molar-refractivity contribution in [3.8, 4) is 0 Å². The van der Waals surface area contributed by atoms with E-state index in [1.165, 1.54) is 5.82 Å². The van der Waals surface area contributed by atoms with E-state index < -0.39 is 0 Å². The zero-order valence-corrected chi connectivity index (χ0v) is 11.0. The Balaban J connectivity index is 2.69. The summed E-state index contributed by atoms with van der Waals surface area (Å²) in [7, 11) is 0. The Bertz CT molecular complexity index is 286. The van der Waals surface area contributed by atoms with Gasteiger partial charge < -0.3 is 4.57 Å². The molecule has 1 atom stereocenters. The van der Waals surface area contributed by atoms with Crippen LogP contribution in [0, 0.1) is 5.41 Å². The van der Waals surface area contributed by atoms with Crippen LogP contribution in [0.1, 0.15) is 33.5 Å². The Morgan fingerprint density at radius 2 is 2.14 bits per heavy atom. The summed E-state index contributed by atoms with van der Waals surface area (Å²) in [5.41, 5.74) is 0.282. The van der Waals surface area contributed by atoms with Crippen molar-refractivity contribution in [1.82, 2.24) is 9.55 Å². The smallest absolute Gasteiger partial charge is 0.109 e. The van der Waals surface area contributed by atoms with Crippen LogP contribution in [0.3, 0.4) is 0 Å². The second kappa shape index (κ2) is 4.47. The van der Waals surface area contributed by atoms with E-state index >= 15 is 0 Å². The molecule has 0 N–H and O–H groups in total. The highest BCUT2D eigenvalue weighted by molar-refractivity contribution is 9.09. The van der Waals surface area contributed by atoms with E-state index in [9.17, 15) is 0 Å². The van der Waals surface area contributed by atoms with Crippen LogP contribution < -0.4 is 0 Å². The number of aromatic nitrogens is 2. The fraction of sp³-hybridized carbons (Fsp3) is 0.727. The molecule has 0 fully saturated rings. The minimum Gasteiger partial charge on any atom is -0.335 e. The number of imidazole rings is 1. The van der Waals surface area contributed by atoms with Gasteiger partial charge in [0.2, 0.25) is 0 Å². The fourth-order valence-electron chi connectivity index (χ4n) is 1.28. The Hall–Kier alpha value is -0.310. The normalized spacial score (nSPS) is 14.4. The maximum Gasteiger partial charge on any atom is 0.109 e. The summed E-state index contributed by atoms with van der Waals surface area (Å²) in [5, 5.41) is 0. The van der Waals surface area contributed by atoms with Crippen LogP contribution in [0.4, 0.5) is 0 Å². The van der Waals surface area contributed by atoms with Gasteiger partial charge in [-0.05, 0) is 12.3 Å². The summed E-state index contributed by atoms with van der Waals surface area (Å²) >= 11 is 3.73. The largest absolute Gasteiger partial charge is 0.335 e. The first kappa shape index (κ1) is 11.8. The maximum atomic E-state index is 4.37. The van der Waals surface area contributed by atoms with E-state index in [-0.39, 0.29) is 5.41 Å².